The van der Waals surface area contributed by atoms with Crippen LogP contribution in [0.3, 0.4) is 0 Å². The van der Waals surface area contributed by atoms with Crippen LogP contribution >= 0.6 is 8.69 Å². The van der Waals surface area contributed by atoms with Crippen LogP contribution < -0.4 is 0 Å². The maximum atomic E-state index is 13.2. The summed E-state index contributed by atoms with van der Waals surface area (Å²) in [5.41, 5.74) is -0.804. The molecule has 0 aromatic heterocycles. The van der Waals surface area contributed by atoms with Crippen molar-refractivity contribution in [1.82, 2.24) is 0 Å². The molecule has 0 bridgehead atoms. The predicted molar refractivity (Wildman–Crippen MR) is 40.5 cm³/mol. The van der Waals surface area contributed by atoms with Gasteiger partial charge in [-0.15, -0.1) is 0 Å². The maximum absolute atomic E-state index is 13.2. The molecule has 0 amide bonds. The predicted octanol–water partition coefficient (Wildman–Crippen LogP) is 2.88. The van der Waals surface area contributed by atoms with Gasteiger partial charge in [0, 0.05) is 0 Å². The molecule has 2 atom stereocenters. The standard InChI is InChI=1S/C7H12FO2P/c1-7(10-11-9)5-3-2-4-6(7)8/h6H,2-5H2,1H3. The Balaban J connectivity index is 2.56. The lowest BCUT2D eigenvalue weighted by Gasteiger charge is -2.33. The molecule has 1 rings (SSSR count). The summed E-state index contributed by atoms with van der Waals surface area (Å²) in [4.78, 5) is 0. The van der Waals surface area contributed by atoms with Gasteiger partial charge < -0.3 is 0 Å². The Labute approximate surface area is 67.4 Å². The van der Waals surface area contributed by atoms with E-state index in [-0.39, 0.29) is 0 Å². The highest BCUT2D eigenvalue weighted by molar-refractivity contribution is 7.17. The number of alkyl halides is 1. The second-order valence-electron chi connectivity index (χ2n) is 3.19. The van der Waals surface area contributed by atoms with E-state index >= 15 is 0 Å². The van der Waals surface area contributed by atoms with Crippen molar-refractivity contribution in [2.75, 3.05) is 0 Å². The molecular weight excluding hydrogens is 166 g/mol. The smallest absolute Gasteiger partial charge is 0.285 e. The molecule has 0 N–H and O–H groups in total. The van der Waals surface area contributed by atoms with Gasteiger partial charge in [-0.25, -0.2) is 8.96 Å². The third kappa shape index (κ3) is 1.97. The van der Waals surface area contributed by atoms with Crippen LogP contribution in [0.2, 0.25) is 0 Å². The molecule has 0 radical (unpaired) electrons. The molecular formula is C7H12FO2P. The summed E-state index contributed by atoms with van der Waals surface area (Å²) in [6, 6.07) is 0. The third-order valence-electron chi connectivity index (χ3n) is 2.29. The van der Waals surface area contributed by atoms with Crippen molar-refractivity contribution in [1.29, 1.82) is 0 Å². The Morgan fingerprint density at radius 2 is 2.36 bits per heavy atom. The van der Waals surface area contributed by atoms with Gasteiger partial charge >= 0.3 is 8.69 Å². The van der Waals surface area contributed by atoms with Crippen LogP contribution in [0.1, 0.15) is 32.6 Å². The van der Waals surface area contributed by atoms with Crippen molar-refractivity contribution in [2.24, 2.45) is 0 Å². The van der Waals surface area contributed by atoms with Crippen molar-refractivity contribution in [3.63, 3.8) is 0 Å². The molecule has 0 spiro atoms. The highest BCUT2D eigenvalue weighted by Gasteiger charge is 2.38. The van der Waals surface area contributed by atoms with E-state index in [1.54, 1.807) is 6.92 Å². The summed E-state index contributed by atoms with van der Waals surface area (Å²) in [7, 11) is -0.412. The van der Waals surface area contributed by atoms with Crippen molar-refractivity contribution < 1.29 is 13.5 Å². The van der Waals surface area contributed by atoms with Crippen molar-refractivity contribution >= 4 is 8.69 Å². The lowest BCUT2D eigenvalue weighted by Crippen LogP contribution is -2.39. The molecule has 2 unspecified atom stereocenters. The summed E-state index contributed by atoms with van der Waals surface area (Å²) in [6.45, 7) is 1.68. The Kier molecular flexibility index (Phi) is 2.97. The molecule has 11 heavy (non-hydrogen) atoms. The zero-order valence-corrected chi connectivity index (χ0v) is 7.44. The van der Waals surface area contributed by atoms with E-state index in [9.17, 15) is 8.96 Å². The Morgan fingerprint density at radius 1 is 1.64 bits per heavy atom. The Hall–Kier alpha value is -0.0100. The fourth-order valence-electron chi connectivity index (χ4n) is 1.45. The van der Waals surface area contributed by atoms with Crippen LogP contribution in [0.25, 0.3) is 0 Å². The molecule has 2 nitrogen and oxygen atoms in total. The first-order valence-electron chi connectivity index (χ1n) is 3.84. The average molecular weight is 178 g/mol. The van der Waals surface area contributed by atoms with Gasteiger partial charge in [-0.05, 0) is 19.8 Å². The van der Waals surface area contributed by atoms with Crippen LogP contribution in [-0.2, 0) is 9.09 Å². The Bertz CT molecular complexity index is 153. The first kappa shape index (κ1) is 9.08. The van der Waals surface area contributed by atoms with Gasteiger partial charge in [0.15, 0.2) is 0 Å². The summed E-state index contributed by atoms with van der Waals surface area (Å²) >= 11 is 0. The van der Waals surface area contributed by atoms with Gasteiger partial charge in [-0.1, -0.05) is 12.8 Å². The summed E-state index contributed by atoms with van der Waals surface area (Å²) in [5, 5.41) is 0. The van der Waals surface area contributed by atoms with Crippen molar-refractivity contribution in [3.8, 4) is 0 Å². The molecule has 0 saturated heterocycles. The molecule has 1 aliphatic rings. The number of hydrogen-bond acceptors (Lipinski definition) is 2. The summed E-state index contributed by atoms with van der Waals surface area (Å²) in [5.74, 6) is 0. The molecule has 0 aromatic rings. The number of rotatable bonds is 2. The second kappa shape index (κ2) is 3.59. The molecule has 64 valence electrons. The topological polar surface area (TPSA) is 26.3 Å². The SMILES string of the molecule is CC1(OP=O)CCCCC1F. The minimum atomic E-state index is -0.960. The van der Waals surface area contributed by atoms with E-state index in [1.807, 2.05) is 0 Å². The summed E-state index contributed by atoms with van der Waals surface area (Å²) < 4.78 is 28.1. The Morgan fingerprint density at radius 3 is 2.91 bits per heavy atom. The van der Waals surface area contributed by atoms with Crippen molar-refractivity contribution in [2.45, 2.75) is 44.4 Å². The molecule has 4 heteroatoms. The zero-order valence-electron chi connectivity index (χ0n) is 6.55. The van der Waals surface area contributed by atoms with Gasteiger partial charge in [-0.3, -0.25) is 4.52 Å². The molecule has 1 fully saturated rings. The minimum Gasteiger partial charge on any atom is -0.285 e. The average Bonchev–Trinajstić information content (AvgIpc) is 1.96. The zero-order chi connectivity index (χ0) is 8.32. The van der Waals surface area contributed by atoms with E-state index in [0.717, 1.165) is 12.8 Å². The fraction of sp³-hybridized carbons (Fsp3) is 1.00. The lowest BCUT2D eigenvalue weighted by molar-refractivity contribution is -0.0163. The molecule has 0 aromatic carbocycles. The van der Waals surface area contributed by atoms with Gasteiger partial charge in [0.05, 0.1) is 0 Å². The molecule has 1 saturated carbocycles. The molecule has 1 aliphatic carbocycles. The summed E-state index contributed by atoms with van der Waals surface area (Å²) in [6.07, 6.45) is 2.12. The monoisotopic (exact) mass is 178 g/mol. The lowest BCUT2D eigenvalue weighted by atomic mass is 9.85. The quantitative estimate of drug-likeness (QED) is 0.607. The van der Waals surface area contributed by atoms with E-state index < -0.39 is 20.5 Å². The first-order valence-corrected chi connectivity index (χ1v) is 4.57. The molecule has 0 heterocycles. The number of halogens is 1. The van der Waals surface area contributed by atoms with Gasteiger partial charge in [0.2, 0.25) is 0 Å². The highest BCUT2D eigenvalue weighted by Crippen LogP contribution is 2.35. The second-order valence-corrected chi connectivity index (χ2v) is 3.52. The van der Waals surface area contributed by atoms with Gasteiger partial charge in [0.1, 0.15) is 11.8 Å². The van der Waals surface area contributed by atoms with Gasteiger partial charge in [0.25, 0.3) is 0 Å². The minimum absolute atomic E-state index is 0.412. The van der Waals surface area contributed by atoms with Crippen molar-refractivity contribution in [3.05, 3.63) is 0 Å². The van der Waals surface area contributed by atoms with Crippen LogP contribution in [0.4, 0.5) is 4.39 Å². The van der Waals surface area contributed by atoms with Crippen LogP contribution in [0.5, 0.6) is 0 Å². The number of hydrogen-bond donors (Lipinski definition) is 0. The normalized spacial score (nSPS) is 39.3. The fourth-order valence-corrected chi connectivity index (χ4v) is 1.83. The van der Waals surface area contributed by atoms with Crippen LogP contribution in [0.15, 0.2) is 0 Å². The van der Waals surface area contributed by atoms with Crippen LogP contribution in [0, 0.1) is 0 Å². The largest absolute Gasteiger partial charge is 0.327 e. The van der Waals surface area contributed by atoms with E-state index in [4.69, 9.17) is 4.52 Å². The third-order valence-corrected chi connectivity index (χ3v) is 2.78. The first-order chi connectivity index (χ1) is 5.19. The van der Waals surface area contributed by atoms with Crippen LogP contribution in [-0.4, -0.2) is 11.8 Å². The van der Waals surface area contributed by atoms with E-state index in [2.05, 4.69) is 0 Å². The highest BCUT2D eigenvalue weighted by atomic mass is 31.1. The van der Waals surface area contributed by atoms with E-state index in [1.165, 1.54) is 0 Å². The van der Waals surface area contributed by atoms with Gasteiger partial charge in [-0.2, -0.15) is 0 Å². The van der Waals surface area contributed by atoms with E-state index in [0.29, 0.717) is 12.8 Å². The maximum Gasteiger partial charge on any atom is 0.327 e. The molecule has 0 aliphatic heterocycles.